The van der Waals surface area contributed by atoms with E-state index in [1.165, 1.54) is 18.4 Å². The first-order valence-electron chi connectivity index (χ1n) is 4.46. The lowest BCUT2D eigenvalue weighted by atomic mass is 10.1. The Balaban J connectivity index is 2.32. The van der Waals surface area contributed by atoms with Crippen molar-refractivity contribution in [1.82, 2.24) is 4.90 Å². The van der Waals surface area contributed by atoms with Gasteiger partial charge in [0.1, 0.15) is 0 Å². The van der Waals surface area contributed by atoms with Gasteiger partial charge in [-0.15, -0.1) is 0 Å². The van der Waals surface area contributed by atoms with Crippen LogP contribution in [-0.2, 0) is 0 Å². The van der Waals surface area contributed by atoms with Crippen molar-refractivity contribution in [3.05, 3.63) is 11.1 Å². The van der Waals surface area contributed by atoms with Gasteiger partial charge in [0.05, 0.1) is 0 Å². The molecule has 12 heavy (non-hydrogen) atoms. The third kappa shape index (κ3) is 3.13. The molecule has 1 aliphatic rings. The lowest BCUT2D eigenvalue weighted by Crippen LogP contribution is -2.43. The van der Waals surface area contributed by atoms with Crippen molar-refractivity contribution in [2.75, 3.05) is 19.6 Å². The molecule has 70 valence electrons. The molecular formula is C9H17ClN2. The summed E-state index contributed by atoms with van der Waals surface area (Å²) in [6.45, 7) is 5.20. The molecule has 0 radical (unpaired) electrons. The highest BCUT2D eigenvalue weighted by molar-refractivity contribution is 6.25. The molecule has 0 amide bonds. The van der Waals surface area contributed by atoms with Gasteiger partial charge in [0.15, 0.2) is 0 Å². The SMILES string of the molecule is CC(=CCl)CN1CCCC(N)C1. The van der Waals surface area contributed by atoms with Gasteiger partial charge in [-0.05, 0) is 31.9 Å². The van der Waals surface area contributed by atoms with E-state index in [0.29, 0.717) is 6.04 Å². The van der Waals surface area contributed by atoms with Crippen molar-refractivity contribution in [1.29, 1.82) is 0 Å². The Kier molecular flexibility index (Phi) is 4.06. The van der Waals surface area contributed by atoms with Crippen LogP contribution in [0.25, 0.3) is 0 Å². The molecule has 0 bridgehead atoms. The number of rotatable bonds is 2. The summed E-state index contributed by atoms with van der Waals surface area (Å²) in [4.78, 5) is 2.36. The van der Waals surface area contributed by atoms with Crippen LogP contribution in [0.2, 0.25) is 0 Å². The minimum absolute atomic E-state index is 0.363. The van der Waals surface area contributed by atoms with E-state index in [2.05, 4.69) is 4.90 Å². The maximum Gasteiger partial charge on any atom is 0.0202 e. The van der Waals surface area contributed by atoms with Crippen molar-refractivity contribution >= 4 is 11.6 Å². The first kappa shape index (κ1) is 10.0. The largest absolute Gasteiger partial charge is 0.327 e. The van der Waals surface area contributed by atoms with Gasteiger partial charge in [0, 0.05) is 24.7 Å². The maximum atomic E-state index is 5.85. The van der Waals surface area contributed by atoms with E-state index in [1.807, 2.05) is 6.92 Å². The van der Waals surface area contributed by atoms with E-state index in [0.717, 1.165) is 19.6 Å². The molecular weight excluding hydrogens is 172 g/mol. The summed E-state index contributed by atoms with van der Waals surface area (Å²) in [5, 5.41) is 0. The molecule has 2 nitrogen and oxygen atoms in total. The monoisotopic (exact) mass is 188 g/mol. The molecule has 1 heterocycles. The van der Waals surface area contributed by atoms with Crippen molar-refractivity contribution < 1.29 is 0 Å². The molecule has 1 rings (SSSR count). The second-order valence-corrected chi connectivity index (χ2v) is 3.81. The number of halogens is 1. The van der Waals surface area contributed by atoms with Crippen LogP contribution >= 0.6 is 11.6 Å². The average Bonchev–Trinajstić information content (AvgIpc) is 2.04. The zero-order valence-electron chi connectivity index (χ0n) is 7.59. The van der Waals surface area contributed by atoms with Crippen molar-refractivity contribution in [3.63, 3.8) is 0 Å². The van der Waals surface area contributed by atoms with Gasteiger partial charge in [0.25, 0.3) is 0 Å². The molecule has 0 aliphatic carbocycles. The van der Waals surface area contributed by atoms with Crippen molar-refractivity contribution in [2.45, 2.75) is 25.8 Å². The molecule has 1 aliphatic heterocycles. The molecule has 0 aromatic heterocycles. The zero-order valence-corrected chi connectivity index (χ0v) is 8.35. The zero-order chi connectivity index (χ0) is 8.97. The highest BCUT2D eigenvalue weighted by atomic mass is 35.5. The summed E-state index contributed by atoms with van der Waals surface area (Å²) in [6, 6.07) is 0.363. The predicted octanol–water partition coefficient (Wildman–Crippen LogP) is 1.55. The Morgan fingerprint density at radius 1 is 1.75 bits per heavy atom. The average molecular weight is 189 g/mol. The number of nitrogens with two attached hydrogens (primary N) is 1. The molecule has 2 N–H and O–H groups in total. The molecule has 0 saturated carbocycles. The topological polar surface area (TPSA) is 29.3 Å². The lowest BCUT2D eigenvalue weighted by molar-refractivity contribution is 0.225. The molecule has 0 aromatic rings. The van der Waals surface area contributed by atoms with Crippen molar-refractivity contribution in [2.24, 2.45) is 5.73 Å². The molecule has 0 spiro atoms. The van der Waals surface area contributed by atoms with Crippen LogP contribution in [0.1, 0.15) is 19.8 Å². The standard InChI is InChI=1S/C9H17ClN2/c1-8(5-10)6-12-4-2-3-9(11)7-12/h5,9H,2-4,6-7,11H2,1H3. The molecule has 1 atom stereocenters. The van der Waals surface area contributed by atoms with Crippen LogP contribution in [0.4, 0.5) is 0 Å². The lowest BCUT2D eigenvalue weighted by Gasteiger charge is -2.30. The molecule has 1 saturated heterocycles. The minimum Gasteiger partial charge on any atom is -0.327 e. The van der Waals surface area contributed by atoms with Gasteiger partial charge < -0.3 is 5.73 Å². The summed E-state index contributed by atoms with van der Waals surface area (Å²) < 4.78 is 0. The summed E-state index contributed by atoms with van der Waals surface area (Å²) in [7, 11) is 0. The normalized spacial score (nSPS) is 27.6. The molecule has 0 aromatic carbocycles. The highest BCUT2D eigenvalue weighted by Crippen LogP contribution is 2.10. The fourth-order valence-electron chi connectivity index (χ4n) is 1.62. The van der Waals surface area contributed by atoms with E-state index < -0.39 is 0 Å². The summed E-state index contributed by atoms with van der Waals surface area (Å²) >= 11 is 5.59. The quantitative estimate of drug-likeness (QED) is 0.713. The molecule has 3 heteroatoms. The van der Waals surface area contributed by atoms with Gasteiger partial charge in [-0.2, -0.15) is 0 Å². The molecule has 1 fully saturated rings. The van der Waals surface area contributed by atoms with Crippen LogP contribution in [0.3, 0.4) is 0 Å². The number of hydrogen-bond donors (Lipinski definition) is 1. The van der Waals surface area contributed by atoms with E-state index in [9.17, 15) is 0 Å². The van der Waals surface area contributed by atoms with Gasteiger partial charge in [0.2, 0.25) is 0 Å². The van der Waals surface area contributed by atoms with Crippen LogP contribution in [-0.4, -0.2) is 30.6 Å². The number of hydrogen-bond acceptors (Lipinski definition) is 2. The summed E-state index contributed by atoms with van der Waals surface area (Å²) in [5.41, 5.74) is 8.71. The fourth-order valence-corrected chi connectivity index (χ4v) is 1.69. The van der Waals surface area contributed by atoms with Crippen LogP contribution in [0.5, 0.6) is 0 Å². The van der Waals surface area contributed by atoms with Gasteiger partial charge in [-0.25, -0.2) is 0 Å². The van der Waals surface area contributed by atoms with Crippen molar-refractivity contribution in [3.8, 4) is 0 Å². The minimum atomic E-state index is 0.363. The molecule has 1 unspecified atom stereocenters. The first-order chi connectivity index (χ1) is 5.72. The Morgan fingerprint density at radius 3 is 3.08 bits per heavy atom. The van der Waals surface area contributed by atoms with E-state index >= 15 is 0 Å². The Labute approximate surface area is 79.4 Å². The van der Waals surface area contributed by atoms with Crippen LogP contribution in [0.15, 0.2) is 11.1 Å². The van der Waals surface area contributed by atoms with Crippen LogP contribution in [0, 0.1) is 0 Å². The Morgan fingerprint density at radius 2 is 2.50 bits per heavy atom. The maximum absolute atomic E-state index is 5.85. The number of likely N-dealkylation sites (tertiary alicyclic amines) is 1. The van der Waals surface area contributed by atoms with E-state index in [-0.39, 0.29) is 0 Å². The summed E-state index contributed by atoms with van der Waals surface area (Å²) in [5.74, 6) is 0. The smallest absolute Gasteiger partial charge is 0.0202 e. The van der Waals surface area contributed by atoms with Crippen LogP contribution < -0.4 is 5.73 Å². The first-order valence-corrected chi connectivity index (χ1v) is 4.90. The third-order valence-corrected chi connectivity index (χ3v) is 2.57. The van der Waals surface area contributed by atoms with Gasteiger partial charge >= 0.3 is 0 Å². The predicted molar refractivity (Wildman–Crippen MR) is 53.3 cm³/mol. The summed E-state index contributed by atoms with van der Waals surface area (Å²) in [6.07, 6.45) is 2.39. The Bertz CT molecular complexity index is 168. The highest BCUT2D eigenvalue weighted by Gasteiger charge is 2.15. The van der Waals surface area contributed by atoms with Gasteiger partial charge in [-0.3, -0.25) is 4.90 Å². The van der Waals surface area contributed by atoms with E-state index in [4.69, 9.17) is 17.3 Å². The Hall–Kier alpha value is -0.0500. The second-order valence-electron chi connectivity index (χ2n) is 3.59. The second kappa shape index (κ2) is 4.85. The number of piperidine rings is 1. The van der Waals surface area contributed by atoms with E-state index in [1.54, 1.807) is 5.54 Å². The third-order valence-electron chi connectivity index (χ3n) is 2.20. The fraction of sp³-hybridized carbons (Fsp3) is 0.778. The number of nitrogens with zero attached hydrogens (tertiary/aromatic N) is 1. The van der Waals surface area contributed by atoms with Gasteiger partial charge in [-0.1, -0.05) is 11.6 Å².